The second-order valence-electron chi connectivity index (χ2n) is 7.29. The number of carbonyl (C=O) groups excluding carboxylic acids is 2. The Labute approximate surface area is 217 Å². The normalized spacial score (nSPS) is 12.3. The van der Waals surface area contributed by atoms with Gasteiger partial charge in [0.2, 0.25) is 5.91 Å². The molecule has 0 fully saturated rings. The largest absolute Gasteiger partial charge is 0.416 e. The van der Waals surface area contributed by atoms with E-state index >= 15 is 0 Å². The number of benzene rings is 2. The van der Waals surface area contributed by atoms with Crippen molar-refractivity contribution in [2.75, 3.05) is 11.1 Å². The van der Waals surface area contributed by atoms with E-state index in [0.29, 0.717) is 27.6 Å². The molecule has 35 heavy (non-hydrogen) atoms. The maximum atomic E-state index is 12.9. The fraction of sp³-hybridized carbons (Fsp3) is 0.273. The molecular formula is C22H20BrClF3N5O2S. The third-order valence-corrected chi connectivity index (χ3v) is 6.80. The molecule has 0 bridgehead atoms. The highest BCUT2D eigenvalue weighted by atomic mass is 79.9. The molecule has 13 heteroatoms. The molecule has 0 unspecified atom stereocenters. The number of thioether (sulfide) groups is 1. The van der Waals surface area contributed by atoms with Crippen LogP contribution in [0.2, 0.25) is 5.02 Å². The molecular weight excluding hydrogens is 571 g/mol. The summed E-state index contributed by atoms with van der Waals surface area (Å²) in [6.45, 7) is 4.10. The predicted octanol–water partition coefficient (Wildman–Crippen LogP) is 5.95. The van der Waals surface area contributed by atoms with Crippen LogP contribution in [0.1, 0.15) is 41.6 Å². The molecule has 2 amide bonds. The van der Waals surface area contributed by atoms with E-state index in [1.54, 1.807) is 35.8 Å². The Morgan fingerprint density at radius 2 is 1.91 bits per heavy atom. The summed E-state index contributed by atoms with van der Waals surface area (Å²) in [6.07, 6.45) is -4.56. The van der Waals surface area contributed by atoms with E-state index in [1.165, 1.54) is 0 Å². The summed E-state index contributed by atoms with van der Waals surface area (Å²) >= 11 is 10.4. The second kappa shape index (κ2) is 11.4. The maximum absolute atomic E-state index is 12.9. The van der Waals surface area contributed by atoms with Crippen molar-refractivity contribution in [3.8, 4) is 0 Å². The summed E-state index contributed by atoms with van der Waals surface area (Å²) < 4.78 is 41.2. The number of alkyl halides is 3. The fourth-order valence-corrected chi connectivity index (χ4v) is 4.56. The monoisotopic (exact) mass is 589 g/mol. The van der Waals surface area contributed by atoms with E-state index in [4.69, 9.17) is 11.6 Å². The smallest absolute Gasteiger partial charge is 0.342 e. The molecule has 7 nitrogen and oxygen atoms in total. The van der Waals surface area contributed by atoms with Crippen molar-refractivity contribution in [1.82, 2.24) is 20.1 Å². The number of anilines is 1. The second-order valence-corrected chi connectivity index (χ2v) is 9.49. The summed E-state index contributed by atoms with van der Waals surface area (Å²) in [7, 11) is 0. The standard InChI is InChI=1S/C22H20BrClF3N5O2S/c1-3-32-19(12(2)28-20(34)14-6-4-5-7-15(14)23)30-31-21(32)35-11-18(33)29-17-10-13(22(25,26)27)8-9-16(17)24/h4-10,12H,3,11H2,1-2H3,(H,28,34)(H,29,33)/t12-/m1/s1. The highest BCUT2D eigenvalue weighted by Crippen LogP contribution is 2.34. The molecule has 2 aromatic carbocycles. The molecule has 0 saturated heterocycles. The summed E-state index contributed by atoms with van der Waals surface area (Å²) in [5, 5.41) is 14.0. The SMILES string of the molecule is CCn1c(SCC(=O)Nc2cc(C(F)(F)F)ccc2Cl)nnc1[C@@H](C)NC(=O)c1ccccc1Br. The summed E-state index contributed by atoms with van der Waals surface area (Å²) in [5.41, 5.74) is -0.576. The van der Waals surface area contributed by atoms with Crippen molar-refractivity contribution in [3.05, 3.63) is 68.9 Å². The molecule has 0 radical (unpaired) electrons. The zero-order valence-electron chi connectivity index (χ0n) is 18.5. The molecule has 0 saturated carbocycles. The van der Waals surface area contributed by atoms with Crippen LogP contribution in [0.3, 0.4) is 0 Å². The van der Waals surface area contributed by atoms with Gasteiger partial charge in [-0.05, 0) is 60.1 Å². The summed E-state index contributed by atoms with van der Waals surface area (Å²) in [6, 6.07) is 9.24. The number of rotatable bonds is 8. The number of carbonyl (C=O) groups is 2. The van der Waals surface area contributed by atoms with E-state index in [2.05, 4.69) is 36.8 Å². The van der Waals surface area contributed by atoms with Crippen LogP contribution in [0.4, 0.5) is 18.9 Å². The minimum absolute atomic E-state index is 0.00928. The van der Waals surface area contributed by atoms with Gasteiger partial charge in [0.25, 0.3) is 5.91 Å². The molecule has 186 valence electrons. The molecule has 0 aliphatic carbocycles. The first kappa shape index (κ1) is 27.0. The molecule has 1 atom stereocenters. The molecule has 1 heterocycles. The van der Waals surface area contributed by atoms with Crippen LogP contribution in [-0.4, -0.2) is 32.3 Å². The molecule has 2 N–H and O–H groups in total. The quantitative estimate of drug-likeness (QED) is 0.316. The predicted molar refractivity (Wildman–Crippen MR) is 132 cm³/mol. The van der Waals surface area contributed by atoms with Crippen molar-refractivity contribution in [3.63, 3.8) is 0 Å². The topological polar surface area (TPSA) is 88.9 Å². The first-order chi connectivity index (χ1) is 16.5. The van der Waals surface area contributed by atoms with Gasteiger partial charge < -0.3 is 15.2 Å². The van der Waals surface area contributed by atoms with Gasteiger partial charge in [-0.25, -0.2) is 0 Å². The lowest BCUT2D eigenvalue weighted by atomic mass is 10.2. The van der Waals surface area contributed by atoms with Crippen LogP contribution < -0.4 is 10.6 Å². The van der Waals surface area contributed by atoms with Crippen LogP contribution in [0.15, 0.2) is 52.1 Å². The van der Waals surface area contributed by atoms with Gasteiger partial charge in [0, 0.05) is 11.0 Å². The van der Waals surface area contributed by atoms with E-state index < -0.39 is 23.7 Å². The Morgan fingerprint density at radius 3 is 2.57 bits per heavy atom. The van der Waals surface area contributed by atoms with Gasteiger partial charge in [0.05, 0.1) is 33.6 Å². The van der Waals surface area contributed by atoms with E-state index in [-0.39, 0.29) is 22.4 Å². The molecule has 0 aliphatic heterocycles. The summed E-state index contributed by atoms with van der Waals surface area (Å²) in [4.78, 5) is 25.0. The maximum Gasteiger partial charge on any atom is 0.416 e. The third kappa shape index (κ3) is 6.77. The number of amides is 2. The first-order valence-corrected chi connectivity index (χ1v) is 12.4. The third-order valence-electron chi connectivity index (χ3n) is 4.82. The summed E-state index contributed by atoms with van der Waals surface area (Å²) in [5.74, 6) is -0.486. The lowest BCUT2D eigenvalue weighted by molar-refractivity contribution is -0.137. The Bertz CT molecular complexity index is 1240. The van der Waals surface area contributed by atoms with Crippen molar-refractivity contribution in [1.29, 1.82) is 0 Å². The van der Waals surface area contributed by atoms with Crippen LogP contribution >= 0.6 is 39.3 Å². The molecule has 0 spiro atoms. The number of halogens is 5. The van der Waals surface area contributed by atoms with E-state index in [9.17, 15) is 22.8 Å². The minimum Gasteiger partial charge on any atom is -0.342 e. The number of hydrogen-bond donors (Lipinski definition) is 2. The molecule has 3 aromatic rings. The molecule has 0 aliphatic rings. The fourth-order valence-electron chi connectivity index (χ4n) is 3.12. The number of aromatic nitrogens is 3. The van der Waals surface area contributed by atoms with Crippen LogP contribution in [0.5, 0.6) is 0 Å². The zero-order chi connectivity index (χ0) is 25.8. The Morgan fingerprint density at radius 1 is 1.20 bits per heavy atom. The van der Waals surface area contributed by atoms with Crippen molar-refractivity contribution in [2.45, 2.75) is 37.8 Å². The first-order valence-electron chi connectivity index (χ1n) is 10.3. The van der Waals surface area contributed by atoms with Crippen molar-refractivity contribution in [2.24, 2.45) is 0 Å². The van der Waals surface area contributed by atoms with Gasteiger partial charge in [-0.2, -0.15) is 13.2 Å². The van der Waals surface area contributed by atoms with Gasteiger partial charge >= 0.3 is 6.18 Å². The van der Waals surface area contributed by atoms with Gasteiger partial charge in [-0.15, -0.1) is 10.2 Å². The van der Waals surface area contributed by atoms with Gasteiger partial charge in [-0.3, -0.25) is 9.59 Å². The Kier molecular flexibility index (Phi) is 8.84. The Hall–Kier alpha value is -2.57. The van der Waals surface area contributed by atoms with E-state index in [0.717, 1.165) is 30.0 Å². The van der Waals surface area contributed by atoms with Gasteiger partial charge in [0.1, 0.15) is 0 Å². The number of hydrogen-bond acceptors (Lipinski definition) is 5. The average molecular weight is 591 g/mol. The number of nitrogens with zero attached hydrogens (tertiary/aromatic N) is 3. The minimum atomic E-state index is -4.56. The molecule has 3 rings (SSSR count). The van der Waals surface area contributed by atoms with Gasteiger partial charge in [0.15, 0.2) is 11.0 Å². The average Bonchev–Trinajstić information content (AvgIpc) is 3.21. The van der Waals surface area contributed by atoms with Crippen LogP contribution in [0.25, 0.3) is 0 Å². The van der Waals surface area contributed by atoms with E-state index in [1.807, 2.05) is 6.92 Å². The highest BCUT2D eigenvalue weighted by molar-refractivity contribution is 9.10. The van der Waals surface area contributed by atoms with Crippen molar-refractivity contribution < 1.29 is 22.8 Å². The van der Waals surface area contributed by atoms with Crippen LogP contribution in [0, 0.1) is 0 Å². The Balaban J connectivity index is 1.66. The lowest BCUT2D eigenvalue weighted by Crippen LogP contribution is -2.29. The van der Waals surface area contributed by atoms with Crippen LogP contribution in [-0.2, 0) is 17.5 Å². The van der Waals surface area contributed by atoms with Crippen molar-refractivity contribution >= 4 is 56.8 Å². The zero-order valence-corrected chi connectivity index (χ0v) is 21.6. The number of nitrogens with one attached hydrogen (secondary N) is 2. The lowest BCUT2D eigenvalue weighted by Gasteiger charge is -2.15. The molecule has 1 aromatic heterocycles. The highest BCUT2D eigenvalue weighted by Gasteiger charge is 2.31. The van der Waals surface area contributed by atoms with Gasteiger partial charge in [-0.1, -0.05) is 35.5 Å².